The molecule has 0 saturated carbocycles. The molecule has 1 heterocycles. The summed E-state index contributed by atoms with van der Waals surface area (Å²) in [6, 6.07) is 19.7. The first-order valence-electron chi connectivity index (χ1n) is 10.2. The van der Waals surface area contributed by atoms with Gasteiger partial charge >= 0.3 is 5.97 Å². The van der Waals surface area contributed by atoms with E-state index < -0.39 is 11.9 Å². The van der Waals surface area contributed by atoms with Crippen LogP contribution < -0.4 is 5.32 Å². The van der Waals surface area contributed by atoms with Crippen molar-refractivity contribution in [2.45, 2.75) is 37.4 Å². The summed E-state index contributed by atoms with van der Waals surface area (Å²) in [6.45, 7) is 3.90. The molecule has 0 saturated heterocycles. The molecule has 4 nitrogen and oxygen atoms in total. The normalized spacial score (nSPS) is 17.1. The molecule has 0 radical (unpaired) electrons. The molecular weight excluding hydrogens is 476 g/mol. The standard InChI is InChI=1S/C25H24BrClN2O2/c1-3-31-25(30)24-22(13-12-21(26)17-8-5-4-6-9-17)29-16(2)20(15-28)23(24)18-10-7-11-19(27)14-18/h4-11,14,21,23,29H,3,12-13H2,1-2H3. The van der Waals surface area contributed by atoms with E-state index in [9.17, 15) is 10.1 Å². The van der Waals surface area contributed by atoms with Crippen LogP contribution in [0, 0.1) is 11.3 Å². The summed E-state index contributed by atoms with van der Waals surface area (Å²) in [7, 11) is 0. The van der Waals surface area contributed by atoms with E-state index >= 15 is 0 Å². The molecule has 2 unspecified atom stereocenters. The second kappa shape index (κ2) is 10.7. The fourth-order valence-electron chi connectivity index (χ4n) is 3.81. The fraction of sp³-hybridized carbons (Fsp3) is 0.280. The van der Waals surface area contributed by atoms with E-state index in [0.29, 0.717) is 22.6 Å². The first-order chi connectivity index (χ1) is 15.0. The monoisotopic (exact) mass is 498 g/mol. The summed E-state index contributed by atoms with van der Waals surface area (Å²) in [5, 5.41) is 13.7. The SMILES string of the molecule is CCOC(=O)C1=C(CCC(Br)c2ccccc2)NC(C)=C(C#N)C1c1cccc(Cl)c1. The van der Waals surface area contributed by atoms with E-state index in [4.69, 9.17) is 16.3 Å². The number of hydrogen-bond donors (Lipinski definition) is 1. The molecule has 160 valence electrons. The van der Waals surface area contributed by atoms with E-state index in [1.807, 2.05) is 37.3 Å². The van der Waals surface area contributed by atoms with Crippen LogP contribution in [-0.4, -0.2) is 12.6 Å². The van der Waals surface area contributed by atoms with Gasteiger partial charge in [0, 0.05) is 21.2 Å². The van der Waals surface area contributed by atoms with Gasteiger partial charge in [0.15, 0.2) is 0 Å². The highest BCUT2D eigenvalue weighted by Gasteiger charge is 2.35. The predicted molar refractivity (Wildman–Crippen MR) is 127 cm³/mol. The van der Waals surface area contributed by atoms with E-state index in [2.05, 4.69) is 39.4 Å². The molecule has 0 spiro atoms. The zero-order chi connectivity index (χ0) is 22.4. The molecule has 0 aromatic heterocycles. The van der Waals surface area contributed by atoms with Crippen molar-refractivity contribution < 1.29 is 9.53 Å². The predicted octanol–water partition coefficient (Wildman–Crippen LogP) is 6.56. The Bertz CT molecular complexity index is 1060. The van der Waals surface area contributed by atoms with Gasteiger partial charge in [-0.3, -0.25) is 0 Å². The molecule has 2 atom stereocenters. The van der Waals surface area contributed by atoms with Crippen molar-refractivity contribution in [2.24, 2.45) is 0 Å². The number of nitrogens with one attached hydrogen (secondary N) is 1. The van der Waals surface area contributed by atoms with Crippen LogP contribution in [0.2, 0.25) is 5.02 Å². The topological polar surface area (TPSA) is 62.1 Å². The van der Waals surface area contributed by atoms with E-state index in [1.54, 1.807) is 19.1 Å². The Hall–Kier alpha value is -2.55. The van der Waals surface area contributed by atoms with Crippen LogP contribution in [0.25, 0.3) is 0 Å². The number of nitriles is 1. The number of dihydropyridines is 1. The van der Waals surface area contributed by atoms with Gasteiger partial charge in [-0.1, -0.05) is 70.0 Å². The quantitative estimate of drug-likeness (QED) is 0.346. The molecule has 0 fully saturated rings. The van der Waals surface area contributed by atoms with Crippen molar-refractivity contribution >= 4 is 33.5 Å². The van der Waals surface area contributed by atoms with Crippen LogP contribution in [0.4, 0.5) is 0 Å². The van der Waals surface area contributed by atoms with Crippen molar-refractivity contribution in [2.75, 3.05) is 6.61 Å². The summed E-state index contributed by atoms with van der Waals surface area (Å²) < 4.78 is 5.40. The molecule has 0 amide bonds. The number of esters is 1. The van der Waals surface area contributed by atoms with E-state index in [1.165, 1.54) is 5.56 Å². The summed E-state index contributed by atoms with van der Waals surface area (Å²) in [5.74, 6) is -0.939. The minimum atomic E-state index is -0.524. The Morgan fingerprint density at radius 1 is 1.26 bits per heavy atom. The third kappa shape index (κ3) is 5.39. The van der Waals surface area contributed by atoms with Crippen LogP contribution in [0.3, 0.4) is 0 Å². The van der Waals surface area contributed by atoms with Gasteiger partial charge in [0.2, 0.25) is 0 Å². The Balaban J connectivity index is 2.02. The lowest BCUT2D eigenvalue weighted by Crippen LogP contribution is -2.30. The number of hydrogen-bond acceptors (Lipinski definition) is 4. The van der Waals surface area contributed by atoms with Gasteiger partial charge in [-0.15, -0.1) is 0 Å². The minimum absolute atomic E-state index is 0.137. The fourth-order valence-corrected chi connectivity index (χ4v) is 4.54. The summed E-state index contributed by atoms with van der Waals surface area (Å²) in [4.78, 5) is 13.2. The number of carbonyl (C=O) groups is 1. The molecule has 2 aromatic rings. The molecule has 1 aliphatic rings. The maximum absolute atomic E-state index is 13.1. The number of alkyl halides is 1. The van der Waals surface area contributed by atoms with Gasteiger partial charge < -0.3 is 10.1 Å². The minimum Gasteiger partial charge on any atom is -0.463 e. The number of ether oxygens (including phenoxy) is 1. The van der Waals surface area contributed by atoms with Gasteiger partial charge in [-0.05, 0) is 49.9 Å². The lowest BCUT2D eigenvalue weighted by atomic mass is 9.80. The van der Waals surface area contributed by atoms with Crippen molar-refractivity contribution in [3.05, 3.63) is 93.3 Å². The first-order valence-corrected chi connectivity index (χ1v) is 11.5. The zero-order valence-electron chi connectivity index (χ0n) is 17.5. The highest BCUT2D eigenvalue weighted by Crippen LogP contribution is 2.41. The third-order valence-electron chi connectivity index (χ3n) is 5.25. The largest absolute Gasteiger partial charge is 0.463 e. The molecule has 1 N–H and O–H groups in total. The Morgan fingerprint density at radius 2 is 2.00 bits per heavy atom. The summed E-state index contributed by atoms with van der Waals surface area (Å²) >= 11 is 10.00. The smallest absolute Gasteiger partial charge is 0.336 e. The second-order valence-electron chi connectivity index (χ2n) is 7.29. The van der Waals surface area contributed by atoms with Crippen molar-refractivity contribution in [3.8, 4) is 6.07 Å². The van der Waals surface area contributed by atoms with E-state index in [-0.39, 0.29) is 11.4 Å². The van der Waals surface area contributed by atoms with Crippen LogP contribution in [0.5, 0.6) is 0 Å². The Morgan fingerprint density at radius 3 is 2.65 bits per heavy atom. The molecule has 0 bridgehead atoms. The van der Waals surface area contributed by atoms with Crippen LogP contribution in [0.15, 0.2) is 77.1 Å². The maximum atomic E-state index is 13.1. The molecule has 2 aromatic carbocycles. The van der Waals surface area contributed by atoms with Gasteiger partial charge in [0.05, 0.1) is 29.7 Å². The Kier molecular flexibility index (Phi) is 7.95. The zero-order valence-corrected chi connectivity index (χ0v) is 19.8. The average molecular weight is 500 g/mol. The third-order valence-corrected chi connectivity index (χ3v) is 6.47. The van der Waals surface area contributed by atoms with E-state index in [0.717, 1.165) is 23.4 Å². The molecule has 1 aliphatic heterocycles. The van der Waals surface area contributed by atoms with Crippen molar-refractivity contribution in [1.29, 1.82) is 5.26 Å². The summed E-state index contributed by atoms with van der Waals surface area (Å²) in [5.41, 5.74) is 4.45. The molecule has 6 heteroatoms. The molecular formula is C25H24BrClN2O2. The first kappa shape index (κ1) is 23.1. The van der Waals surface area contributed by atoms with Gasteiger partial charge in [-0.2, -0.15) is 5.26 Å². The second-order valence-corrected chi connectivity index (χ2v) is 8.83. The number of benzene rings is 2. The van der Waals surface area contributed by atoms with Crippen LogP contribution in [-0.2, 0) is 9.53 Å². The number of halogens is 2. The number of rotatable bonds is 7. The number of allylic oxidation sites excluding steroid dienone is 3. The number of carbonyl (C=O) groups excluding carboxylic acids is 1. The van der Waals surface area contributed by atoms with Crippen LogP contribution in [0.1, 0.15) is 48.6 Å². The van der Waals surface area contributed by atoms with Gasteiger partial charge in [0.25, 0.3) is 0 Å². The van der Waals surface area contributed by atoms with Crippen molar-refractivity contribution in [1.82, 2.24) is 5.32 Å². The highest BCUT2D eigenvalue weighted by atomic mass is 79.9. The van der Waals surface area contributed by atoms with Gasteiger partial charge in [0.1, 0.15) is 0 Å². The lowest BCUT2D eigenvalue weighted by Gasteiger charge is -2.30. The Labute approximate surface area is 196 Å². The maximum Gasteiger partial charge on any atom is 0.336 e. The van der Waals surface area contributed by atoms with Crippen molar-refractivity contribution in [3.63, 3.8) is 0 Å². The molecule has 3 rings (SSSR count). The van der Waals surface area contributed by atoms with Crippen LogP contribution >= 0.6 is 27.5 Å². The molecule has 31 heavy (non-hydrogen) atoms. The lowest BCUT2D eigenvalue weighted by molar-refractivity contribution is -0.138. The van der Waals surface area contributed by atoms with Gasteiger partial charge in [-0.25, -0.2) is 4.79 Å². The summed E-state index contributed by atoms with van der Waals surface area (Å²) in [6.07, 6.45) is 1.39. The average Bonchev–Trinajstić information content (AvgIpc) is 2.77. The highest BCUT2D eigenvalue weighted by molar-refractivity contribution is 9.09. The number of nitrogens with zero attached hydrogens (tertiary/aromatic N) is 1. The molecule has 0 aliphatic carbocycles.